The zero-order valence-electron chi connectivity index (χ0n) is 10.6. The lowest BCUT2D eigenvalue weighted by Gasteiger charge is -2.09. The monoisotopic (exact) mass is 254 g/mol. The van der Waals surface area contributed by atoms with Gasteiger partial charge in [-0.1, -0.05) is 0 Å². The SMILES string of the molecule is CNc1ccc([N+](=O)[O-])cc1COCCCOC. The summed E-state index contributed by atoms with van der Waals surface area (Å²) in [6.45, 7) is 1.56. The lowest BCUT2D eigenvalue weighted by molar-refractivity contribution is -0.384. The van der Waals surface area contributed by atoms with Gasteiger partial charge in [0, 0.05) is 50.8 Å². The highest BCUT2D eigenvalue weighted by Crippen LogP contribution is 2.22. The van der Waals surface area contributed by atoms with Crippen molar-refractivity contribution < 1.29 is 14.4 Å². The number of benzene rings is 1. The quantitative estimate of drug-likeness (QED) is 0.437. The summed E-state index contributed by atoms with van der Waals surface area (Å²) in [4.78, 5) is 10.3. The Morgan fingerprint density at radius 3 is 2.78 bits per heavy atom. The second-order valence-electron chi connectivity index (χ2n) is 3.75. The van der Waals surface area contributed by atoms with Gasteiger partial charge in [-0.2, -0.15) is 0 Å². The van der Waals surface area contributed by atoms with E-state index in [1.54, 1.807) is 20.2 Å². The fourth-order valence-corrected chi connectivity index (χ4v) is 1.54. The Morgan fingerprint density at radius 2 is 2.17 bits per heavy atom. The molecule has 100 valence electrons. The highest BCUT2D eigenvalue weighted by atomic mass is 16.6. The van der Waals surface area contributed by atoms with Crippen molar-refractivity contribution in [1.82, 2.24) is 0 Å². The third kappa shape index (κ3) is 4.31. The highest BCUT2D eigenvalue weighted by Gasteiger charge is 2.10. The Kier molecular flexibility index (Phi) is 6.10. The smallest absolute Gasteiger partial charge is 0.269 e. The number of nitrogens with zero attached hydrogens (tertiary/aromatic N) is 1. The molecule has 0 aromatic heterocycles. The lowest BCUT2D eigenvalue weighted by Crippen LogP contribution is -2.03. The van der Waals surface area contributed by atoms with Crippen molar-refractivity contribution in [2.45, 2.75) is 13.0 Å². The summed E-state index contributed by atoms with van der Waals surface area (Å²) in [6, 6.07) is 4.69. The number of nitro benzene ring substituents is 1. The minimum Gasteiger partial charge on any atom is -0.388 e. The minimum absolute atomic E-state index is 0.0736. The maximum Gasteiger partial charge on any atom is 0.269 e. The van der Waals surface area contributed by atoms with Crippen LogP contribution in [0.2, 0.25) is 0 Å². The number of nitrogens with one attached hydrogen (secondary N) is 1. The normalized spacial score (nSPS) is 10.3. The fraction of sp³-hybridized carbons (Fsp3) is 0.500. The van der Waals surface area contributed by atoms with E-state index in [1.165, 1.54) is 12.1 Å². The Morgan fingerprint density at radius 1 is 1.39 bits per heavy atom. The summed E-state index contributed by atoms with van der Waals surface area (Å²) in [5.41, 5.74) is 1.70. The van der Waals surface area contributed by atoms with Gasteiger partial charge in [-0.05, 0) is 12.5 Å². The van der Waals surface area contributed by atoms with Gasteiger partial charge in [0.25, 0.3) is 5.69 Å². The zero-order valence-corrected chi connectivity index (χ0v) is 10.6. The maximum atomic E-state index is 10.7. The Labute approximate surface area is 106 Å². The van der Waals surface area contributed by atoms with E-state index in [1.807, 2.05) is 0 Å². The van der Waals surface area contributed by atoms with Gasteiger partial charge in [-0.25, -0.2) is 0 Å². The largest absolute Gasteiger partial charge is 0.388 e. The summed E-state index contributed by atoms with van der Waals surface area (Å²) in [5.74, 6) is 0. The summed E-state index contributed by atoms with van der Waals surface area (Å²) in [6.07, 6.45) is 0.806. The van der Waals surface area contributed by atoms with E-state index in [0.717, 1.165) is 17.7 Å². The van der Waals surface area contributed by atoms with Gasteiger partial charge in [0.1, 0.15) is 0 Å². The predicted molar refractivity (Wildman–Crippen MR) is 68.8 cm³/mol. The molecule has 0 amide bonds. The average Bonchev–Trinajstić information content (AvgIpc) is 2.38. The third-order valence-electron chi connectivity index (χ3n) is 2.46. The number of nitro groups is 1. The molecule has 0 fully saturated rings. The van der Waals surface area contributed by atoms with Crippen molar-refractivity contribution >= 4 is 11.4 Å². The van der Waals surface area contributed by atoms with E-state index in [0.29, 0.717) is 19.8 Å². The van der Waals surface area contributed by atoms with Gasteiger partial charge in [0.05, 0.1) is 11.5 Å². The van der Waals surface area contributed by atoms with Crippen molar-refractivity contribution in [3.8, 4) is 0 Å². The van der Waals surface area contributed by atoms with Crippen LogP contribution in [0.1, 0.15) is 12.0 Å². The first-order valence-corrected chi connectivity index (χ1v) is 5.70. The summed E-state index contributed by atoms with van der Waals surface area (Å²) in [5, 5.41) is 13.7. The van der Waals surface area contributed by atoms with E-state index in [-0.39, 0.29) is 5.69 Å². The molecular formula is C12H18N2O4. The molecule has 0 unspecified atom stereocenters. The van der Waals surface area contributed by atoms with Gasteiger partial charge in [-0.15, -0.1) is 0 Å². The molecule has 0 radical (unpaired) electrons. The molecule has 1 rings (SSSR count). The highest BCUT2D eigenvalue weighted by molar-refractivity contribution is 5.55. The van der Waals surface area contributed by atoms with E-state index in [9.17, 15) is 10.1 Å². The molecule has 0 heterocycles. The van der Waals surface area contributed by atoms with Crippen LogP contribution in [0.25, 0.3) is 0 Å². The van der Waals surface area contributed by atoms with Crippen LogP contribution in [0.5, 0.6) is 0 Å². The van der Waals surface area contributed by atoms with Gasteiger partial charge < -0.3 is 14.8 Å². The number of methoxy groups -OCH3 is 1. The second-order valence-corrected chi connectivity index (χ2v) is 3.75. The average molecular weight is 254 g/mol. The number of non-ortho nitro benzene ring substituents is 1. The Bertz CT molecular complexity index is 396. The molecule has 0 bridgehead atoms. The third-order valence-corrected chi connectivity index (χ3v) is 2.46. The Balaban J connectivity index is 2.61. The van der Waals surface area contributed by atoms with Crippen molar-refractivity contribution in [1.29, 1.82) is 0 Å². The van der Waals surface area contributed by atoms with Crippen LogP contribution < -0.4 is 5.32 Å². The molecule has 0 aliphatic rings. The molecule has 0 spiro atoms. The summed E-state index contributed by atoms with van der Waals surface area (Å²) >= 11 is 0. The molecule has 0 atom stereocenters. The molecule has 18 heavy (non-hydrogen) atoms. The fourth-order valence-electron chi connectivity index (χ4n) is 1.54. The van der Waals surface area contributed by atoms with Crippen molar-refractivity contribution in [2.24, 2.45) is 0 Å². The lowest BCUT2D eigenvalue weighted by atomic mass is 10.1. The van der Waals surface area contributed by atoms with Crippen LogP contribution >= 0.6 is 0 Å². The molecule has 6 nitrogen and oxygen atoms in total. The van der Waals surface area contributed by atoms with Crippen LogP contribution in [0, 0.1) is 10.1 Å². The van der Waals surface area contributed by atoms with Gasteiger partial charge in [0.15, 0.2) is 0 Å². The van der Waals surface area contributed by atoms with Crippen LogP contribution in [-0.2, 0) is 16.1 Å². The van der Waals surface area contributed by atoms with Crippen molar-refractivity contribution in [3.63, 3.8) is 0 Å². The van der Waals surface area contributed by atoms with Crippen LogP contribution in [-0.4, -0.2) is 32.3 Å². The molecule has 1 aromatic carbocycles. The van der Waals surface area contributed by atoms with Crippen LogP contribution in [0.3, 0.4) is 0 Å². The first kappa shape index (κ1) is 14.4. The molecule has 1 N–H and O–H groups in total. The predicted octanol–water partition coefficient (Wildman–Crippen LogP) is 2.19. The number of rotatable bonds is 8. The van der Waals surface area contributed by atoms with Crippen LogP contribution in [0.4, 0.5) is 11.4 Å². The number of anilines is 1. The molecule has 6 heteroatoms. The number of hydrogen-bond donors (Lipinski definition) is 1. The number of hydrogen-bond acceptors (Lipinski definition) is 5. The topological polar surface area (TPSA) is 73.6 Å². The number of ether oxygens (including phenoxy) is 2. The standard InChI is InChI=1S/C12H18N2O4/c1-13-12-5-4-11(14(15)16)8-10(12)9-18-7-3-6-17-2/h4-5,8,13H,3,6-7,9H2,1-2H3. The molecule has 0 aliphatic heterocycles. The molecular weight excluding hydrogens is 236 g/mol. The molecule has 1 aromatic rings. The van der Waals surface area contributed by atoms with Crippen molar-refractivity contribution in [3.05, 3.63) is 33.9 Å². The maximum absolute atomic E-state index is 10.7. The first-order valence-electron chi connectivity index (χ1n) is 5.70. The summed E-state index contributed by atoms with van der Waals surface area (Å²) in [7, 11) is 3.41. The second kappa shape index (κ2) is 7.62. The van der Waals surface area contributed by atoms with E-state index in [2.05, 4.69) is 5.32 Å². The molecule has 0 aliphatic carbocycles. The van der Waals surface area contributed by atoms with E-state index >= 15 is 0 Å². The van der Waals surface area contributed by atoms with Crippen molar-refractivity contribution in [2.75, 3.05) is 32.7 Å². The van der Waals surface area contributed by atoms with Gasteiger partial charge in [0.2, 0.25) is 0 Å². The first-order chi connectivity index (χ1) is 8.69. The van der Waals surface area contributed by atoms with E-state index < -0.39 is 4.92 Å². The molecule has 0 saturated heterocycles. The Hall–Kier alpha value is -1.66. The minimum atomic E-state index is -0.409. The van der Waals surface area contributed by atoms with Gasteiger partial charge in [-0.3, -0.25) is 10.1 Å². The summed E-state index contributed by atoms with van der Waals surface area (Å²) < 4.78 is 10.4. The molecule has 0 saturated carbocycles. The van der Waals surface area contributed by atoms with E-state index in [4.69, 9.17) is 9.47 Å². The van der Waals surface area contributed by atoms with Gasteiger partial charge >= 0.3 is 0 Å². The van der Waals surface area contributed by atoms with Crippen LogP contribution in [0.15, 0.2) is 18.2 Å². The zero-order chi connectivity index (χ0) is 13.4.